The van der Waals surface area contributed by atoms with Crippen LogP contribution in [0.3, 0.4) is 0 Å². The van der Waals surface area contributed by atoms with Crippen molar-refractivity contribution in [2.24, 2.45) is 0 Å². The van der Waals surface area contributed by atoms with E-state index in [0.717, 1.165) is 4.36 Å². The van der Waals surface area contributed by atoms with Gasteiger partial charge in [-0.1, -0.05) is 17.7 Å². The van der Waals surface area contributed by atoms with Crippen LogP contribution in [-0.2, 0) is 0 Å². The molecule has 0 fully saturated rings. The molecule has 36 valence electrons. The quantitative estimate of drug-likeness (QED) is 0.515. The SMILES string of the molecule is C/C=C(/Cl)SC. The lowest BCUT2D eigenvalue weighted by molar-refractivity contribution is 1.77. The zero-order chi connectivity index (χ0) is 4.99. The number of thioether (sulfide) groups is 1. The summed E-state index contributed by atoms with van der Waals surface area (Å²) < 4.78 is 0.856. The summed E-state index contributed by atoms with van der Waals surface area (Å²) in [7, 11) is 0. The average molecular weight is 123 g/mol. The molecule has 0 atom stereocenters. The molecule has 0 nitrogen and oxygen atoms in total. The molecule has 0 N–H and O–H groups in total. The van der Waals surface area contributed by atoms with Gasteiger partial charge in [0.15, 0.2) is 0 Å². The normalized spacial score (nSPS) is 12.2. The molecule has 0 aromatic heterocycles. The molecular weight excluding hydrogens is 116 g/mol. The van der Waals surface area contributed by atoms with E-state index in [4.69, 9.17) is 11.6 Å². The van der Waals surface area contributed by atoms with Gasteiger partial charge in [0.25, 0.3) is 0 Å². The van der Waals surface area contributed by atoms with E-state index in [1.54, 1.807) is 11.8 Å². The fourth-order valence-electron chi connectivity index (χ4n) is 0.118. The maximum Gasteiger partial charge on any atom is 0.0689 e. The number of hydrogen-bond donors (Lipinski definition) is 0. The molecule has 0 amide bonds. The molecule has 0 radical (unpaired) electrons. The van der Waals surface area contributed by atoms with Gasteiger partial charge < -0.3 is 0 Å². The lowest BCUT2D eigenvalue weighted by Gasteiger charge is -1.81. The second-order valence-electron chi connectivity index (χ2n) is 0.797. The fraction of sp³-hybridized carbons (Fsp3) is 0.500. The van der Waals surface area contributed by atoms with Crippen LogP contribution in [-0.4, -0.2) is 6.26 Å². The van der Waals surface area contributed by atoms with Gasteiger partial charge in [-0.25, -0.2) is 0 Å². The minimum absolute atomic E-state index is 0.856. The van der Waals surface area contributed by atoms with E-state index in [1.807, 2.05) is 19.3 Å². The Morgan fingerprint density at radius 3 is 2.33 bits per heavy atom. The number of halogens is 1. The van der Waals surface area contributed by atoms with Crippen molar-refractivity contribution in [3.63, 3.8) is 0 Å². The van der Waals surface area contributed by atoms with Crippen molar-refractivity contribution in [3.8, 4) is 0 Å². The summed E-state index contributed by atoms with van der Waals surface area (Å²) in [5.74, 6) is 0. The number of hydrogen-bond acceptors (Lipinski definition) is 1. The fourth-order valence-corrected chi connectivity index (χ4v) is 0.354. The summed E-state index contributed by atoms with van der Waals surface area (Å²) in [5, 5.41) is 0. The zero-order valence-electron chi connectivity index (χ0n) is 3.86. The average Bonchev–Trinajstić information content (AvgIpc) is 1.65. The van der Waals surface area contributed by atoms with E-state index in [9.17, 15) is 0 Å². The van der Waals surface area contributed by atoms with Gasteiger partial charge in [-0.05, 0) is 13.2 Å². The molecule has 0 heterocycles. The predicted octanol–water partition coefficient (Wildman–Crippen LogP) is 2.45. The molecular formula is C4H7ClS. The molecule has 0 unspecified atom stereocenters. The van der Waals surface area contributed by atoms with Gasteiger partial charge in [0.05, 0.1) is 4.36 Å². The molecule has 2 heteroatoms. The highest BCUT2D eigenvalue weighted by Crippen LogP contribution is 2.14. The van der Waals surface area contributed by atoms with Crippen LogP contribution in [0.15, 0.2) is 10.4 Å². The van der Waals surface area contributed by atoms with E-state index in [2.05, 4.69) is 0 Å². The number of rotatable bonds is 1. The van der Waals surface area contributed by atoms with E-state index >= 15 is 0 Å². The van der Waals surface area contributed by atoms with Crippen LogP contribution < -0.4 is 0 Å². The molecule has 0 saturated heterocycles. The Hall–Kier alpha value is 0.380. The maximum atomic E-state index is 5.47. The summed E-state index contributed by atoms with van der Waals surface area (Å²) in [6.45, 7) is 1.92. The third-order valence-electron chi connectivity index (χ3n) is 0.422. The molecule has 0 aliphatic heterocycles. The van der Waals surface area contributed by atoms with Gasteiger partial charge in [-0.15, -0.1) is 11.8 Å². The van der Waals surface area contributed by atoms with Crippen LogP contribution in [0.5, 0.6) is 0 Å². The molecule has 0 saturated carbocycles. The molecule has 0 aromatic carbocycles. The number of allylic oxidation sites excluding steroid dienone is 1. The van der Waals surface area contributed by atoms with E-state index in [1.165, 1.54) is 0 Å². The van der Waals surface area contributed by atoms with E-state index in [-0.39, 0.29) is 0 Å². The second-order valence-corrected chi connectivity index (χ2v) is 2.28. The Bertz CT molecular complexity index is 58.6. The molecule has 0 spiro atoms. The van der Waals surface area contributed by atoms with Gasteiger partial charge >= 0.3 is 0 Å². The van der Waals surface area contributed by atoms with Gasteiger partial charge in [0.1, 0.15) is 0 Å². The van der Waals surface area contributed by atoms with Crippen LogP contribution in [0.1, 0.15) is 6.92 Å². The lowest BCUT2D eigenvalue weighted by Crippen LogP contribution is -1.50. The first-order valence-corrected chi connectivity index (χ1v) is 3.27. The third-order valence-corrected chi connectivity index (χ3v) is 1.73. The van der Waals surface area contributed by atoms with Crippen LogP contribution in [0, 0.1) is 0 Å². The lowest BCUT2D eigenvalue weighted by atomic mass is 10.8. The Morgan fingerprint density at radius 1 is 1.83 bits per heavy atom. The molecule has 0 rings (SSSR count). The van der Waals surface area contributed by atoms with Crippen molar-refractivity contribution in [1.82, 2.24) is 0 Å². The van der Waals surface area contributed by atoms with Crippen LogP contribution in [0.2, 0.25) is 0 Å². The van der Waals surface area contributed by atoms with E-state index in [0.29, 0.717) is 0 Å². The predicted molar refractivity (Wildman–Crippen MR) is 33.1 cm³/mol. The van der Waals surface area contributed by atoms with Crippen molar-refractivity contribution >= 4 is 23.4 Å². The van der Waals surface area contributed by atoms with E-state index < -0.39 is 0 Å². The van der Waals surface area contributed by atoms with Gasteiger partial charge in [0, 0.05) is 0 Å². The van der Waals surface area contributed by atoms with Crippen molar-refractivity contribution in [3.05, 3.63) is 10.4 Å². The molecule has 0 aliphatic rings. The first-order valence-electron chi connectivity index (χ1n) is 1.67. The van der Waals surface area contributed by atoms with Crippen LogP contribution in [0.25, 0.3) is 0 Å². The van der Waals surface area contributed by atoms with Gasteiger partial charge in [-0.3, -0.25) is 0 Å². The summed E-state index contributed by atoms with van der Waals surface area (Å²) in [4.78, 5) is 0. The molecule has 0 bridgehead atoms. The Balaban J connectivity index is 3.22. The Labute approximate surface area is 47.6 Å². The standard InChI is InChI=1S/C4H7ClS/c1-3-4(5)6-2/h3H,1-2H3/b4-3-. The first kappa shape index (κ1) is 6.38. The van der Waals surface area contributed by atoms with Crippen LogP contribution in [0.4, 0.5) is 0 Å². The highest BCUT2D eigenvalue weighted by Gasteiger charge is 1.77. The Morgan fingerprint density at radius 2 is 2.33 bits per heavy atom. The van der Waals surface area contributed by atoms with Crippen molar-refractivity contribution in [2.45, 2.75) is 6.92 Å². The summed E-state index contributed by atoms with van der Waals surface area (Å²) in [6.07, 6.45) is 3.81. The first-order chi connectivity index (χ1) is 2.81. The highest BCUT2D eigenvalue weighted by molar-refractivity contribution is 8.03. The summed E-state index contributed by atoms with van der Waals surface area (Å²) in [6, 6.07) is 0. The third kappa shape index (κ3) is 2.61. The summed E-state index contributed by atoms with van der Waals surface area (Å²) in [5.41, 5.74) is 0. The van der Waals surface area contributed by atoms with Crippen molar-refractivity contribution in [1.29, 1.82) is 0 Å². The summed E-state index contributed by atoms with van der Waals surface area (Å²) >= 11 is 7.03. The van der Waals surface area contributed by atoms with Crippen molar-refractivity contribution < 1.29 is 0 Å². The van der Waals surface area contributed by atoms with Crippen LogP contribution >= 0.6 is 23.4 Å². The Kier molecular flexibility index (Phi) is 3.79. The second kappa shape index (κ2) is 3.57. The van der Waals surface area contributed by atoms with Crippen molar-refractivity contribution in [2.75, 3.05) is 6.26 Å². The smallest absolute Gasteiger partial charge is 0.0689 e. The van der Waals surface area contributed by atoms with Gasteiger partial charge in [-0.2, -0.15) is 0 Å². The zero-order valence-corrected chi connectivity index (χ0v) is 5.44. The minimum Gasteiger partial charge on any atom is -0.118 e. The van der Waals surface area contributed by atoms with Gasteiger partial charge in [0.2, 0.25) is 0 Å². The molecule has 0 aromatic rings. The molecule has 0 aliphatic carbocycles. The maximum absolute atomic E-state index is 5.47. The molecule has 6 heavy (non-hydrogen) atoms. The largest absolute Gasteiger partial charge is 0.118 e. The topological polar surface area (TPSA) is 0 Å². The highest BCUT2D eigenvalue weighted by atomic mass is 35.5. The monoisotopic (exact) mass is 122 g/mol. The minimum atomic E-state index is 0.856.